The van der Waals surface area contributed by atoms with E-state index in [0.717, 1.165) is 37.0 Å². The highest BCUT2D eigenvalue weighted by molar-refractivity contribution is 5.79. The van der Waals surface area contributed by atoms with Gasteiger partial charge in [0.2, 0.25) is 0 Å². The van der Waals surface area contributed by atoms with E-state index in [4.69, 9.17) is 9.47 Å². The molecule has 2 heterocycles. The van der Waals surface area contributed by atoms with E-state index < -0.39 is 0 Å². The van der Waals surface area contributed by atoms with Crippen molar-refractivity contribution >= 4 is 5.96 Å². The molecule has 1 aromatic rings. The van der Waals surface area contributed by atoms with Gasteiger partial charge in [0.05, 0.1) is 0 Å². The summed E-state index contributed by atoms with van der Waals surface area (Å²) in [6.07, 6.45) is 4.90. The van der Waals surface area contributed by atoms with Crippen LogP contribution in [0, 0.1) is 0 Å². The fraction of sp³-hybridized carbons (Fsp3) is 0.667. The Hall–Kier alpha value is -1.95. The predicted molar refractivity (Wildman–Crippen MR) is 110 cm³/mol. The number of hydrogen-bond donors (Lipinski definition) is 2. The Bertz CT molecular complexity index is 639. The van der Waals surface area contributed by atoms with Crippen LogP contribution >= 0.6 is 0 Å². The van der Waals surface area contributed by atoms with Gasteiger partial charge in [-0.1, -0.05) is 12.5 Å². The lowest BCUT2D eigenvalue weighted by Gasteiger charge is -2.41. The summed E-state index contributed by atoms with van der Waals surface area (Å²) < 4.78 is 11.2. The van der Waals surface area contributed by atoms with Gasteiger partial charge in [-0.2, -0.15) is 0 Å². The number of rotatable bonds is 6. The Kier molecular flexibility index (Phi) is 6.83. The summed E-state index contributed by atoms with van der Waals surface area (Å²) in [4.78, 5) is 6.96. The molecule has 0 spiro atoms. The molecule has 2 N–H and O–H groups in total. The van der Waals surface area contributed by atoms with Crippen LogP contribution in [-0.4, -0.2) is 62.8 Å². The van der Waals surface area contributed by atoms with Gasteiger partial charge in [-0.05, 0) is 63.9 Å². The first kappa shape index (κ1) is 19.8. The van der Waals surface area contributed by atoms with Crippen LogP contribution in [-0.2, 0) is 6.42 Å². The molecule has 3 rings (SSSR count). The molecule has 0 saturated carbocycles. The Morgan fingerprint density at radius 3 is 2.56 bits per heavy atom. The van der Waals surface area contributed by atoms with Crippen molar-refractivity contribution in [2.75, 3.05) is 46.4 Å². The van der Waals surface area contributed by atoms with Crippen molar-refractivity contribution < 1.29 is 9.47 Å². The summed E-state index contributed by atoms with van der Waals surface area (Å²) >= 11 is 0. The van der Waals surface area contributed by atoms with Crippen LogP contribution in [0.2, 0.25) is 0 Å². The van der Waals surface area contributed by atoms with Crippen LogP contribution in [0.3, 0.4) is 0 Å². The molecule has 0 bridgehead atoms. The van der Waals surface area contributed by atoms with E-state index in [2.05, 4.69) is 46.5 Å². The van der Waals surface area contributed by atoms with E-state index in [1.807, 2.05) is 13.1 Å². The van der Waals surface area contributed by atoms with E-state index in [9.17, 15) is 0 Å². The average molecular weight is 375 g/mol. The number of aliphatic imine (C=N–C) groups is 1. The third kappa shape index (κ3) is 5.51. The molecule has 0 radical (unpaired) electrons. The number of piperidine rings is 1. The van der Waals surface area contributed by atoms with Crippen LogP contribution in [0.25, 0.3) is 0 Å². The van der Waals surface area contributed by atoms with E-state index >= 15 is 0 Å². The second-order valence-electron chi connectivity index (χ2n) is 7.94. The number of fused-ring (bicyclic) bond motifs is 1. The number of ether oxygens (including phenoxy) is 2. The topological polar surface area (TPSA) is 58.1 Å². The monoisotopic (exact) mass is 374 g/mol. The molecule has 0 atom stereocenters. The van der Waals surface area contributed by atoms with E-state index in [0.29, 0.717) is 13.2 Å². The van der Waals surface area contributed by atoms with Gasteiger partial charge in [0.15, 0.2) is 17.5 Å². The van der Waals surface area contributed by atoms with E-state index in [-0.39, 0.29) is 5.54 Å². The molecule has 0 aromatic heterocycles. The zero-order valence-corrected chi connectivity index (χ0v) is 17.0. The third-order valence-corrected chi connectivity index (χ3v) is 5.44. The summed E-state index contributed by atoms with van der Waals surface area (Å²) in [5.74, 6) is 2.55. The quantitative estimate of drug-likeness (QED) is 0.592. The second-order valence-corrected chi connectivity index (χ2v) is 7.94. The zero-order chi connectivity index (χ0) is 19.1. The first-order valence-electron chi connectivity index (χ1n) is 10.2. The largest absolute Gasteiger partial charge is 0.486 e. The van der Waals surface area contributed by atoms with E-state index in [1.165, 1.54) is 37.9 Å². The number of guanidine groups is 1. The van der Waals surface area contributed by atoms with Crippen molar-refractivity contribution in [3.05, 3.63) is 23.8 Å². The highest BCUT2D eigenvalue weighted by Crippen LogP contribution is 2.30. The fourth-order valence-electron chi connectivity index (χ4n) is 3.70. The lowest BCUT2D eigenvalue weighted by Crippen LogP contribution is -2.55. The van der Waals surface area contributed by atoms with Crippen molar-refractivity contribution in [2.45, 2.75) is 45.1 Å². The summed E-state index contributed by atoms with van der Waals surface area (Å²) in [7, 11) is 1.83. The molecule has 1 saturated heterocycles. The Balaban J connectivity index is 1.44. The number of nitrogens with one attached hydrogen (secondary N) is 2. The minimum Gasteiger partial charge on any atom is -0.486 e. The van der Waals surface area contributed by atoms with Crippen molar-refractivity contribution in [2.24, 2.45) is 4.99 Å². The molecule has 1 fully saturated rings. The maximum Gasteiger partial charge on any atom is 0.191 e. The van der Waals surface area contributed by atoms with E-state index in [1.54, 1.807) is 0 Å². The van der Waals surface area contributed by atoms with Crippen molar-refractivity contribution in [3.8, 4) is 11.5 Å². The molecule has 27 heavy (non-hydrogen) atoms. The molecule has 0 aliphatic carbocycles. The Morgan fingerprint density at radius 2 is 1.81 bits per heavy atom. The summed E-state index contributed by atoms with van der Waals surface area (Å²) in [6.45, 7) is 9.99. The molecule has 1 aromatic carbocycles. The third-order valence-electron chi connectivity index (χ3n) is 5.44. The Morgan fingerprint density at radius 1 is 1.07 bits per heavy atom. The maximum absolute atomic E-state index is 5.66. The molecule has 0 amide bonds. The van der Waals surface area contributed by atoms with Gasteiger partial charge >= 0.3 is 0 Å². The second kappa shape index (κ2) is 9.31. The van der Waals surface area contributed by atoms with Gasteiger partial charge in [-0.25, -0.2) is 0 Å². The summed E-state index contributed by atoms with van der Waals surface area (Å²) in [5, 5.41) is 6.92. The Labute approximate surface area is 163 Å². The molecule has 6 heteroatoms. The number of likely N-dealkylation sites (tertiary alicyclic amines) is 1. The normalized spacial score (nSPS) is 18.3. The summed E-state index contributed by atoms with van der Waals surface area (Å²) in [6, 6.07) is 6.18. The SMILES string of the molecule is CN=C(NCCc1ccc2c(c1)OCCO2)NCC(C)(C)N1CCCCC1. The fourth-order valence-corrected chi connectivity index (χ4v) is 3.70. The highest BCUT2D eigenvalue weighted by Gasteiger charge is 2.27. The highest BCUT2D eigenvalue weighted by atomic mass is 16.6. The van der Waals surface area contributed by atoms with Gasteiger partial charge in [-0.15, -0.1) is 0 Å². The molecule has 2 aliphatic heterocycles. The van der Waals surface area contributed by atoms with Gasteiger partial charge in [0.1, 0.15) is 13.2 Å². The standard InChI is InChI=1S/C21H34N4O2/c1-21(2,25-11-5-4-6-12-25)16-24-20(22-3)23-10-9-17-7-8-18-19(15-17)27-14-13-26-18/h7-8,15H,4-6,9-14,16H2,1-3H3,(H2,22,23,24). The van der Waals surface area contributed by atoms with Crippen LogP contribution in [0.4, 0.5) is 0 Å². The minimum absolute atomic E-state index is 0.133. The predicted octanol–water partition coefficient (Wildman–Crippen LogP) is 2.43. The number of hydrogen-bond acceptors (Lipinski definition) is 4. The van der Waals surface area contributed by atoms with Gasteiger partial charge in [0, 0.05) is 25.7 Å². The van der Waals surface area contributed by atoms with Gasteiger partial charge in [0.25, 0.3) is 0 Å². The minimum atomic E-state index is 0.133. The molecule has 150 valence electrons. The van der Waals surface area contributed by atoms with Crippen LogP contribution in [0.1, 0.15) is 38.7 Å². The molecule has 2 aliphatic rings. The zero-order valence-electron chi connectivity index (χ0n) is 17.0. The molecule has 0 unspecified atom stereocenters. The van der Waals surface area contributed by atoms with Crippen molar-refractivity contribution in [1.82, 2.24) is 15.5 Å². The smallest absolute Gasteiger partial charge is 0.191 e. The first-order valence-corrected chi connectivity index (χ1v) is 10.2. The van der Waals surface area contributed by atoms with Crippen LogP contribution < -0.4 is 20.1 Å². The van der Waals surface area contributed by atoms with Gasteiger partial charge in [-0.3, -0.25) is 9.89 Å². The van der Waals surface area contributed by atoms with Crippen LogP contribution in [0.15, 0.2) is 23.2 Å². The van der Waals surface area contributed by atoms with Gasteiger partial charge < -0.3 is 20.1 Å². The molecule has 6 nitrogen and oxygen atoms in total. The average Bonchev–Trinajstić information content (AvgIpc) is 2.71. The number of benzene rings is 1. The summed E-state index contributed by atoms with van der Waals surface area (Å²) in [5.41, 5.74) is 1.37. The van der Waals surface area contributed by atoms with Crippen molar-refractivity contribution in [3.63, 3.8) is 0 Å². The lowest BCUT2D eigenvalue weighted by atomic mass is 9.98. The maximum atomic E-state index is 5.66. The van der Waals surface area contributed by atoms with Crippen molar-refractivity contribution in [1.29, 1.82) is 0 Å². The molecular weight excluding hydrogens is 340 g/mol. The first-order chi connectivity index (χ1) is 13.1. The molecular formula is C21H34N4O2. The number of nitrogens with zero attached hydrogens (tertiary/aromatic N) is 2. The lowest BCUT2D eigenvalue weighted by molar-refractivity contribution is 0.0982. The van der Waals surface area contributed by atoms with Crippen LogP contribution in [0.5, 0.6) is 11.5 Å².